The average molecular weight is 284 g/mol. The predicted octanol–water partition coefficient (Wildman–Crippen LogP) is 1.77. The van der Waals surface area contributed by atoms with Gasteiger partial charge in [-0.1, -0.05) is 13.8 Å². The third kappa shape index (κ3) is 3.73. The van der Waals surface area contributed by atoms with E-state index in [-0.39, 0.29) is 12.1 Å². The maximum Gasteiger partial charge on any atom is 0.0731 e. The summed E-state index contributed by atoms with van der Waals surface area (Å²) >= 11 is 0. The summed E-state index contributed by atoms with van der Waals surface area (Å²) in [7, 11) is 0. The third-order valence-electron chi connectivity index (χ3n) is 4.82. The van der Waals surface area contributed by atoms with Crippen molar-refractivity contribution in [3.8, 4) is 0 Å². The molecule has 1 saturated heterocycles. The molecule has 0 radical (unpaired) electrons. The first-order valence-corrected chi connectivity index (χ1v) is 8.21. The highest BCUT2D eigenvalue weighted by Crippen LogP contribution is 2.32. The van der Waals surface area contributed by atoms with E-state index in [1.165, 1.54) is 19.3 Å². The Morgan fingerprint density at radius 2 is 2.10 bits per heavy atom. The van der Waals surface area contributed by atoms with E-state index in [0.717, 1.165) is 19.6 Å². The van der Waals surface area contributed by atoms with Crippen molar-refractivity contribution >= 4 is 0 Å². The molecule has 118 valence electrons. The van der Waals surface area contributed by atoms with Crippen LogP contribution in [0.25, 0.3) is 0 Å². The molecule has 0 aromatic carbocycles. The minimum Gasteiger partial charge on any atom is -0.394 e. The van der Waals surface area contributed by atoms with Gasteiger partial charge in [-0.3, -0.25) is 4.90 Å². The highest BCUT2D eigenvalue weighted by molar-refractivity contribution is 4.95. The molecule has 0 bridgehead atoms. The van der Waals surface area contributed by atoms with Gasteiger partial charge in [-0.2, -0.15) is 0 Å². The second-order valence-electron chi connectivity index (χ2n) is 7.22. The van der Waals surface area contributed by atoms with E-state index >= 15 is 0 Å². The van der Waals surface area contributed by atoms with E-state index in [0.29, 0.717) is 24.2 Å². The van der Waals surface area contributed by atoms with Crippen LogP contribution in [0.4, 0.5) is 0 Å². The minimum atomic E-state index is -0.194. The molecule has 2 N–H and O–H groups in total. The number of nitrogens with zero attached hydrogens (tertiary/aromatic N) is 1. The lowest BCUT2D eigenvalue weighted by molar-refractivity contribution is -0.0743. The molecule has 1 saturated carbocycles. The first-order valence-electron chi connectivity index (χ1n) is 8.21. The second kappa shape index (κ2) is 6.73. The van der Waals surface area contributed by atoms with Crippen molar-refractivity contribution in [3.05, 3.63) is 0 Å². The molecule has 2 rings (SSSR count). The molecule has 0 spiro atoms. The van der Waals surface area contributed by atoms with Crippen LogP contribution in [-0.2, 0) is 4.74 Å². The summed E-state index contributed by atoms with van der Waals surface area (Å²) in [6.07, 6.45) is 5.20. The normalized spacial score (nSPS) is 32.1. The van der Waals surface area contributed by atoms with E-state index in [1.807, 2.05) is 0 Å². The Morgan fingerprint density at radius 3 is 2.75 bits per heavy atom. The van der Waals surface area contributed by atoms with Crippen LogP contribution in [0.3, 0.4) is 0 Å². The Labute approximate surface area is 123 Å². The standard InChI is InChI=1S/C16H32N2O2/c1-12(2)17-16(4,11-19)10-13(3)18-8-9-20-15-7-5-6-14(15)18/h12-15,17,19H,5-11H2,1-4H3. The van der Waals surface area contributed by atoms with E-state index in [9.17, 15) is 5.11 Å². The van der Waals surface area contributed by atoms with Gasteiger partial charge in [-0.25, -0.2) is 0 Å². The molecule has 2 fully saturated rings. The number of rotatable bonds is 6. The number of nitrogens with one attached hydrogen (secondary N) is 1. The molecule has 0 amide bonds. The van der Waals surface area contributed by atoms with E-state index in [4.69, 9.17) is 4.74 Å². The fourth-order valence-electron chi connectivity index (χ4n) is 4.14. The van der Waals surface area contributed by atoms with Crippen LogP contribution in [0.5, 0.6) is 0 Å². The van der Waals surface area contributed by atoms with Gasteiger partial charge in [-0.15, -0.1) is 0 Å². The molecular weight excluding hydrogens is 252 g/mol. The van der Waals surface area contributed by atoms with Gasteiger partial charge in [0.05, 0.1) is 19.3 Å². The maximum atomic E-state index is 9.76. The Bertz CT molecular complexity index is 311. The molecule has 1 aliphatic carbocycles. The van der Waals surface area contributed by atoms with Crippen molar-refractivity contribution in [1.29, 1.82) is 0 Å². The quantitative estimate of drug-likeness (QED) is 0.780. The number of hydrogen-bond donors (Lipinski definition) is 2. The van der Waals surface area contributed by atoms with Crippen molar-refractivity contribution in [2.75, 3.05) is 19.8 Å². The van der Waals surface area contributed by atoms with Crippen molar-refractivity contribution in [2.24, 2.45) is 0 Å². The van der Waals surface area contributed by atoms with Gasteiger partial charge in [0.25, 0.3) is 0 Å². The SMILES string of the molecule is CC(C)NC(C)(CO)CC(C)N1CCOC2CCCC21. The number of aliphatic hydroxyl groups excluding tert-OH is 1. The Hall–Kier alpha value is -0.160. The van der Waals surface area contributed by atoms with Crippen LogP contribution in [0, 0.1) is 0 Å². The van der Waals surface area contributed by atoms with Crippen LogP contribution >= 0.6 is 0 Å². The molecule has 2 aliphatic rings. The average Bonchev–Trinajstić information content (AvgIpc) is 2.85. The predicted molar refractivity (Wildman–Crippen MR) is 81.9 cm³/mol. The first-order chi connectivity index (χ1) is 9.45. The van der Waals surface area contributed by atoms with Crippen molar-refractivity contribution in [2.45, 2.75) is 83.1 Å². The number of morpholine rings is 1. The van der Waals surface area contributed by atoms with Gasteiger partial charge >= 0.3 is 0 Å². The fourth-order valence-corrected chi connectivity index (χ4v) is 4.14. The minimum absolute atomic E-state index is 0.188. The van der Waals surface area contributed by atoms with Crippen molar-refractivity contribution in [1.82, 2.24) is 10.2 Å². The van der Waals surface area contributed by atoms with Gasteiger partial charge < -0.3 is 15.2 Å². The van der Waals surface area contributed by atoms with Crippen LogP contribution in [0.15, 0.2) is 0 Å². The number of ether oxygens (including phenoxy) is 1. The summed E-state index contributed by atoms with van der Waals surface area (Å²) in [5.41, 5.74) is -0.194. The second-order valence-corrected chi connectivity index (χ2v) is 7.22. The molecule has 0 aromatic rings. The maximum absolute atomic E-state index is 9.76. The smallest absolute Gasteiger partial charge is 0.0731 e. The zero-order chi connectivity index (χ0) is 14.8. The zero-order valence-corrected chi connectivity index (χ0v) is 13.6. The number of hydrogen-bond acceptors (Lipinski definition) is 4. The molecule has 4 unspecified atom stereocenters. The lowest BCUT2D eigenvalue weighted by Crippen LogP contribution is -2.57. The summed E-state index contributed by atoms with van der Waals surface area (Å²) in [5, 5.41) is 13.3. The highest BCUT2D eigenvalue weighted by atomic mass is 16.5. The summed E-state index contributed by atoms with van der Waals surface area (Å²) in [5.74, 6) is 0. The van der Waals surface area contributed by atoms with Gasteiger partial charge in [0, 0.05) is 30.2 Å². The monoisotopic (exact) mass is 284 g/mol. The number of fused-ring (bicyclic) bond motifs is 1. The van der Waals surface area contributed by atoms with E-state index < -0.39 is 0 Å². The third-order valence-corrected chi connectivity index (χ3v) is 4.82. The molecule has 1 heterocycles. The van der Waals surface area contributed by atoms with Gasteiger partial charge in [0.15, 0.2) is 0 Å². The molecule has 4 atom stereocenters. The topological polar surface area (TPSA) is 44.7 Å². The fraction of sp³-hybridized carbons (Fsp3) is 1.00. The van der Waals surface area contributed by atoms with E-state index in [2.05, 4.69) is 37.9 Å². The van der Waals surface area contributed by atoms with Gasteiger partial charge in [0.2, 0.25) is 0 Å². The molecule has 20 heavy (non-hydrogen) atoms. The zero-order valence-electron chi connectivity index (χ0n) is 13.6. The Morgan fingerprint density at radius 1 is 1.35 bits per heavy atom. The van der Waals surface area contributed by atoms with Gasteiger partial charge in [-0.05, 0) is 39.5 Å². The first kappa shape index (κ1) is 16.2. The lowest BCUT2D eigenvalue weighted by Gasteiger charge is -2.44. The lowest BCUT2D eigenvalue weighted by atomic mass is 9.91. The van der Waals surface area contributed by atoms with Crippen LogP contribution < -0.4 is 5.32 Å². The molecular formula is C16H32N2O2. The van der Waals surface area contributed by atoms with Crippen LogP contribution in [0.2, 0.25) is 0 Å². The van der Waals surface area contributed by atoms with Gasteiger partial charge in [0.1, 0.15) is 0 Å². The van der Waals surface area contributed by atoms with Crippen LogP contribution in [-0.4, -0.2) is 59.5 Å². The summed E-state index contributed by atoms with van der Waals surface area (Å²) < 4.78 is 5.90. The summed E-state index contributed by atoms with van der Waals surface area (Å²) in [6.45, 7) is 10.8. The Balaban J connectivity index is 1.97. The summed E-state index contributed by atoms with van der Waals surface area (Å²) in [4.78, 5) is 2.62. The van der Waals surface area contributed by atoms with Crippen molar-refractivity contribution in [3.63, 3.8) is 0 Å². The molecule has 4 nitrogen and oxygen atoms in total. The molecule has 4 heteroatoms. The largest absolute Gasteiger partial charge is 0.394 e. The van der Waals surface area contributed by atoms with E-state index in [1.54, 1.807) is 0 Å². The molecule has 0 aromatic heterocycles. The highest BCUT2D eigenvalue weighted by Gasteiger charge is 2.39. The summed E-state index contributed by atoms with van der Waals surface area (Å²) in [6, 6.07) is 1.47. The van der Waals surface area contributed by atoms with Crippen LogP contribution in [0.1, 0.15) is 53.4 Å². The number of aliphatic hydroxyl groups is 1. The van der Waals surface area contributed by atoms with Crippen molar-refractivity contribution < 1.29 is 9.84 Å². The molecule has 1 aliphatic heterocycles. The Kier molecular flexibility index (Phi) is 5.46.